The van der Waals surface area contributed by atoms with Crippen molar-refractivity contribution in [3.05, 3.63) is 44.7 Å². The number of halogens is 1. The Morgan fingerprint density at radius 3 is 2.67 bits per heavy atom. The van der Waals surface area contributed by atoms with Crippen molar-refractivity contribution in [1.82, 2.24) is 0 Å². The van der Waals surface area contributed by atoms with E-state index < -0.39 is 10.0 Å². The summed E-state index contributed by atoms with van der Waals surface area (Å²) in [4.78, 5) is 0. The first-order valence-electron chi connectivity index (χ1n) is 6.78. The summed E-state index contributed by atoms with van der Waals surface area (Å²) in [6.45, 7) is 4.49. The van der Waals surface area contributed by atoms with Crippen LogP contribution in [0.2, 0.25) is 0 Å². The number of sulfonamides is 1. The van der Waals surface area contributed by atoms with E-state index in [9.17, 15) is 8.42 Å². The van der Waals surface area contributed by atoms with E-state index in [-0.39, 0.29) is 0 Å². The molecule has 1 aliphatic rings. The summed E-state index contributed by atoms with van der Waals surface area (Å²) in [6.07, 6.45) is 1.80. The molecule has 0 unspecified atom stereocenters. The van der Waals surface area contributed by atoms with Gasteiger partial charge in [-0.05, 0) is 65.9 Å². The van der Waals surface area contributed by atoms with Crippen LogP contribution in [-0.4, -0.2) is 15.0 Å². The van der Waals surface area contributed by atoms with Gasteiger partial charge in [0, 0.05) is 6.54 Å². The molecule has 3 nitrogen and oxygen atoms in total. The average Bonchev–Trinajstić information content (AvgIpc) is 2.78. The van der Waals surface area contributed by atoms with E-state index in [4.69, 9.17) is 0 Å². The van der Waals surface area contributed by atoms with Gasteiger partial charge in [-0.2, -0.15) is 0 Å². The summed E-state index contributed by atoms with van der Waals surface area (Å²) in [7, 11) is -3.47. The number of fused-ring (bicyclic) bond motifs is 1. The van der Waals surface area contributed by atoms with Gasteiger partial charge in [-0.25, -0.2) is 8.42 Å². The van der Waals surface area contributed by atoms with Gasteiger partial charge in [0.1, 0.15) is 4.21 Å². The van der Waals surface area contributed by atoms with Crippen LogP contribution in [0.4, 0.5) is 5.69 Å². The van der Waals surface area contributed by atoms with Gasteiger partial charge in [0.05, 0.1) is 9.47 Å². The van der Waals surface area contributed by atoms with E-state index in [0.29, 0.717) is 10.8 Å². The molecule has 112 valence electrons. The van der Waals surface area contributed by atoms with Crippen LogP contribution in [0, 0.1) is 13.8 Å². The molecule has 0 atom stereocenters. The highest BCUT2D eigenvalue weighted by atomic mass is 79.9. The lowest BCUT2D eigenvalue weighted by molar-refractivity contribution is 0.588. The van der Waals surface area contributed by atoms with Crippen molar-refractivity contribution in [3.8, 4) is 0 Å². The summed E-state index contributed by atoms with van der Waals surface area (Å²) >= 11 is 4.69. The lowest BCUT2D eigenvalue weighted by Crippen LogP contribution is -2.35. The predicted molar refractivity (Wildman–Crippen MR) is 90.8 cm³/mol. The van der Waals surface area contributed by atoms with Gasteiger partial charge < -0.3 is 0 Å². The fraction of sp³-hybridized carbons (Fsp3) is 0.333. The first-order valence-corrected chi connectivity index (χ1v) is 9.83. The summed E-state index contributed by atoms with van der Waals surface area (Å²) in [5.41, 5.74) is 4.08. The Hall–Kier alpha value is -0.850. The number of aryl methyl sites for hydroxylation is 3. The van der Waals surface area contributed by atoms with Crippen molar-refractivity contribution in [2.75, 3.05) is 10.8 Å². The number of anilines is 1. The normalized spacial score (nSPS) is 15.1. The molecule has 0 aliphatic carbocycles. The van der Waals surface area contributed by atoms with E-state index in [0.717, 1.165) is 33.4 Å². The Morgan fingerprint density at radius 2 is 2.00 bits per heavy atom. The van der Waals surface area contributed by atoms with Crippen molar-refractivity contribution in [2.24, 2.45) is 0 Å². The van der Waals surface area contributed by atoms with E-state index >= 15 is 0 Å². The zero-order valence-electron chi connectivity index (χ0n) is 11.9. The molecule has 0 fully saturated rings. The Balaban J connectivity index is 2.09. The molecule has 2 heterocycles. The van der Waals surface area contributed by atoms with Gasteiger partial charge in [-0.3, -0.25) is 4.31 Å². The van der Waals surface area contributed by atoms with Crippen LogP contribution < -0.4 is 4.31 Å². The molecule has 21 heavy (non-hydrogen) atoms. The number of thiophene rings is 1. The lowest BCUT2D eigenvalue weighted by atomic mass is 10.0. The second kappa shape index (κ2) is 5.41. The molecule has 3 rings (SSSR count). The molecule has 0 N–H and O–H groups in total. The standard InChI is InChI=1S/C15H16BrNO2S2/c1-10-5-6-13-12(8-10)4-3-7-17(13)21(18,19)14-9-11(2)15(16)20-14/h5-6,8-9H,3-4,7H2,1-2H3. The molecular formula is C15H16BrNO2S2. The first-order chi connectivity index (χ1) is 9.89. The Morgan fingerprint density at radius 1 is 1.24 bits per heavy atom. The van der Waals surface area contributed by atoms with Crippen LogP contribution in [0.3, 0.4) is 0 Å². The minimum absolute atomic E-state index is 0.403. The molecule has 0 radical (unpaired) electrons. The third-order valence-electron chi connectivity index (χ3n) is 3.69. The molecule has 1 aromatic carbocycles. The van der Waals surface area contributed by atoms with Crippen LogP contribution in [0.1, 0.15) is 23.1 Å². The molecule has 0 spiro atoms. The van der Waals surface area contributed by atoms with Crippen LogP contribution >= 0.6 is 27.3 Å². The third-order valence-corrected chi connectivity index (χ3v) is 8.09. The summed E-state index contributed by atoms with van der Waals surface area (Å²) in [5.74, 6) is 0. The lowest BCUT2D eigenvalue weighted by Gasteiger charge is -2.30. The minimum atomic E-state index is -3.47. The highest BCUT2D eigenvalue weighted by Crippen LogP contribution is 2.37. The Labute approximate surface area is 137 Å². The zero-order chi connectivity index (χ0) is 15.2. The molecule has 1 aromatic heterocycles. The molecule has 0 amide bonds. The smallest absolute Gasteiger partial charge is 0.265 e. The fourth-order valence-corrected chi connectivity index (χ4v) is 6.49. The van der Waals surface area contributed by atoms with E-state index in [2.05, 4.69) is 22.0 Å². The monoisotopic (exact) mass is 385 g/mol. The van der Waals surface area contributed by atoms with Gasteiger partial charge >= 0.3 is 0 Å². The second-order valence-corrected chi connectivity index (χ2v) is 9.79. The third kappa shape index (κ3) is 2.64. The highest BCUT2D eigenvalue weighted by Gasteiger charge is 2.30. The molecule has 0 saturated carbocycles. The molecule has 1 aliphatic heterocycles. The maximum atomic E-state index is 12.9. The maximum absolute atomic E-state index is 12.9. The van der Waals surface area contributed by atoms with Gasteiger partial charge in [0.25, 0.3) is 10.0 Å². The maximum Gasteiger partial charge on any atom is 0.273 e. The molecule has 0 saturated heterocycles. The quantitative estimate of drug-likeness (QED) is 0.773. The fourth-order valence-electron chi connectivity index (χ4n) is 2.61. The number of hydrogen-bond donors (Lipinski definition) is 0. The summed E-state index contributed by atoms with van der Waals surface area (Å²) in [5, 5.41) is 0. The van der Waals surface area contributed by atoms with E-state index in [1.807, 2.05) is 26.0 Å². The average molecular weight is 386 g/mol. The van der Waals surface area contributed by atoms with E-state index in [1.165, 1.54) is 16.9 Å². The van der Waals surface area contributed by atoms with Gasteiger partial charge in [-0.15, -0.1) is 11.3 Å². The number of hydrogen-bond acceptors (Lipinski definition) is 3. The SMILES string of the molecule is Cc1ccc2c(c1)CCCN2S(=O)(=O)c1cc(C)c(Br)s1. The second-order valence-electron chi connectivity index (χ2n) is 5.34. The minimum Gasteiger partial charge on any atom is -0.265 e. The van der Waals surface area contributed by atoms with Crippen LogP contribution in [0.5, 0.6) is 0 Å². The van der Waals surface area contributed by atoms with Gasteiger partial charge in [-0.1, -0.05) is 17.7 Å². The summed E-state index contributed by atoms with van der Waals surface area (Å²) < 4.78 is 28.7. The predicted octanol–water partition coefficient (Wildman–Crippen LogP) is 4.27. The molecule has 0 bridgehead atoms. The zero-order valence-corrected chi connectivity index (χ0v) is 15.1. The van der Waals surface area contributed by atoms with E-state index in [1.54, 1.807) is 10.4 Å². The van der Waals surface area contributed by atoms with Gasteiger partial charge in [0.15, 0.2) is 0 Å². The molecular weight excluding hydrogens is 370 g/mol. The largest absolute Gasteiger partial charge is 0.273 e. The number of benzene rings is 1. The van der Waals surface area contributed by atoms with Crippen molar-refractivity contribution >= 4 is 43.0 Å². The highest BCUT2D eigenvalue weighted by molar-refractivity contribution is 9.11. The number of nitrogens with zero attached hydrogens (tertiary/aromatic N) is 1. The van der Waals surface area contributed by atoms with Crippen molar-refractivity contribution in [1.29, 1.82) is 0 Å². The molecule has 6 heteroatoms. The van der Waals surface area contributed by atoms with Gasteiger partial charge in [0.2, 0.25) is 0 Å². The Bertz CT molecular complexity index is 777. The van der Waals surface area contributed by atoms with Crippen molar-refractivity contribution in [3.63, 3.8) is 0 Å². The van der Waals surface area contributed by atoms with Crippen molar-refractivity contribution in [2.45, 2.75) is 30.9 Å². The van der Waals surface area contributed by atoms with Crippen molar-refractivity contribution < 1.29 is 8.42 Å². The number of rotatable bonds is 2. The van der Waals surface area contributed by atoms with Crippen LogP contribution in [-0.2, 0) is 16.4 Å². The summed E-state index contributed by atoms with van der Waals surface area (Å²) in [6, 6.07) is 7.73. The molecule has 2 aromatic rings. The first kappa shape index (κ1) is 15.1. The Kier molecular flexibility index (Phi) is 3.88. The van der Waals surface area contributed by atoms with Crippen LogP contribution in [0.15, 0.2) is 32.3 Å². The topological polar surface area (TPSA) is 37.4 Å². The van der Waals surface area contributed by atoms with Crippen LogP contribution in [0.25, 0.3) is 0 Å².